The van der Waals surface area contributed by atoms with Crippen LogP contribution in [0, 0.1) is 5.92 Å². The number of hydrogen-bond acceptors (Lipinski definition) is 5. The minimum absolute atomic E-state index is 0.0118. The van der Waals surface area contributed by atoms with Crippen LogP contribution in [0.3, 0.4) is 0 Å². The summed E-state index contributed by atoms with van der Waals surface area (Å²) in [6.45, 7) is 1.03. The van der Waals surface area contributed by atoms with Crippen LogP contribution in [0.2, 0.25) is 0 Å². The van der Waals surface area contributed by atoms with Gasteiger partial charge in [-0.15, -0.1) is 0 Å². The number of para-hydroxylation sites is 1. The van der Waals surface area contributed by atoms with Crippen molar-refractivity contribution in [2.24, 2.45) is 5.92 Å². The number of likely N-dealkylation sites (tertiary alicyclic amines) is 1. The number of carbonyl (C=O) groups is 5. The van der Waals surface area contributed by atoms with E-state index in [9.17, 15) is 24.0 Å². The van der Waals surface area contributed by atoms with E-state index in [-0.39, 0.29) is 24.8 Å². The van der Waals surface area contributed by atoms with Crippen LogP contribution in [0.15, 0.2) is 60.7 Å². The average molecular weight is 530 g/mol. The lowest BCUT2D eigenvalue weighted by Gasteiger charge is -2.26. The smallest absolute Gasteiger partial charge is 0.289 e. The van der Waals surface area contributed by atoms with E-state index in [0.29, 0.717) is 38.0 Å². The highest BCUT2D eigenvalue weighted by Crippen LogP contribution is 2.24. The van der Waals surface area contributed by atoms with Gasteiger partial charge in [0, 0.05) is 36.5 Å². The van der Waals surface area contributed by atoms with Crippen molar-refractivity contribution in [3.05, 3.63) is 71.9 Å². The Kier molecular flexibility index (Phi) is 7.72. The maximum Gasteiger partial charge on any atom is 0.289 e. The summed E-state index contributed by atoms with van der Waals surface area (Å²) in [4.78, 5) is 69.6. The lowest BCUT2D eigenvalue weighted by atomic mass is 9.95. The number of fused-ring (bicyclic) bond motifs is 1. The Labute approximate surface area is 225 Å². The third-order valence-corrected chi connectivity index (χ3v) is 7.41. The number of H-pyrrole nitrogens is 1. The van der Waals surface area contributed by atoms with E-state index in [0.717, 1.165) is 16.5 Å². The molecule has 2 aliphatic heterocycles. The van der Waals surface area contributed by atoms with Gasteiger partial charge in [-0.2, -0.15) is 0 Å². The number of aromatic amines is 1. The second-order valence-corrected chi connectivity index (χ2v) is 10.0. The molecule has 3 aromatic rings. The van der Waals surface area contributed by atoms with Gasteiger partial charge in [0.25, 0.3) is 11.8 Å². The minimum Gasteiger partial charge on any atom is -0.356 e. The number of aromatic nitrogens is 1. The summed E-state index contributed by atoms with van der Waals surface area (Å²) in [6, 6.07) is 16.5. The Morgan fingerprint density at radius 1 is 1.00 bits per heavy atom. The Hall–Kier alpha value is -4.47. The van der Waals surface area contributed by atoms with Crippen molar-refractivity contribution in [3.8, 4) is 0 Å². The first-order valence-corrected chi connectivity index (χ1v) is 13.2. The van der Waals surface area contributed by atoms with E-state index < -0.39 is 35.6 Å². The molecule has 2 aromatic carbocycles. The second kappa shape index (κ2) is 11.5. The summed E-state index contributed by atoms with van der Waals surface area (Å²) < 4.78 is 0. The first kappa shape index (κ1) is 26.1. The van der Waals surface area contributed by atoms with Crippen LogP contribution in [0.25, 0.3) is 10.9 Å². The van der Waals surface area contributed by atoms with E-state index in [1.165, 1.54) is 4.90 Å². The summed E-state index contributed by atoms with van der Waals surface area (Å²) in [5.41, 5.74) is 2.03. The van der Waals surface area contributed by atoms with Gasteiger partial charge in [0.15, 0.2) is 0 Å². The first-order valence-electron chi connectivity index (χ1n) is 13.2. The number of ketones is 1. The van der Waals surface area contributed by atoms with E-state index in [2.05, 4.69) is 20.9 Å². The zero-order chi connectivity index (χ0) is 27.4. The summed E-state index contributed by atoms with van der Waals surface area (Å²) in [5, 5.41) is 8.95. The zero-order valence-corrected chi connectivity index (χ0v) is 21.4. The number of Topliss-reactive ketones (excluding diaryl/α,β-unsaturated/α-hetero) is 1. The lowest BCUT2D eigenvalue weighted by molar-refractivity contribution is -0.141. The Bertz CT molecular complexity index is 1370. The molecule has 2 aliphatic rings. The molecule has 0 bridgehead atoms. The summed E-state index contributed by atoms with van der Waals surface area (Å²) in [6.07, 6.45) is 1.59. The van der Waals surface area contributed by atoms with Crippen LogP contribution >= 0.6 is 0 Å². The van der Waals surface area contributed by atoms with Gasteiger partial charge in [-0.05, 0) is 43.4 Å². The lowest BCUT2D eigenvalue weighted by Crippen LogP contribution is -2.54. The van der Waals surface area contributed by atoms with E-state index >= 15 is 0 Å². The SMILES string of the molecule is O=C(NCc1ccccc1)C(=O)C(C[C@@H]1CCNC1=O)NC(=O)[C@@H]1CCCN1C(=O)c1cc2ccccc2[nH]1. The maximum atomic E-state index is 13.4. The molecule has 0 radical (unpaired) electrons. The van der Waals surface area contributed by atoms with Gasteiger partial charge in [-0.3, -0.25) is 24.0 Å². The quantitative estimate of drug-likeness (QED) is 0.312. The number of rotatable bonds is 9. The molecule has 4 amide bonds. The molecule has 3 atom stereocenters. The van der Waals surface area contributed by atoms with Gasteiger partial charge in [0.05, 0.1) is 6.04 Å². The number of hydrogen-bond donors (Lipinski definition) is 4. The molecule has 0 spiro atoms. The van der Waals surface area contributed by atoms with Crippen molar-refractivity contribution in [3.63, 3.8) is 0 Å². The summed E-state index contributed by atoms with van der Waals surface area (Å²) >= 11 is 0. The highest BCUT2D eigenvalue weighted by atomic mass is 16.2. The number of carbonyl (C=O) groups excluding carboxylic acids is 5. The van der Waals surface area contributed by atoms with Gasteiger partial charge in [-0.25, -0.2) is 0 Å². The Morgan fingerprint density at radius 3 is 2.51 bits per heavy atom. The van der Waals surface area contributed by atoms with E-state index in [1.54, 1.807) is 6.07 Å². The topological polar surface area (TPSA) is 140 Å². The Balaban J connectivity index is 1.29. The standard InChI is InChI=1S/C29H31N5O5/c35-25(28(38)31-17-18-7-2-1-3-8-18)22(16-20-12-13-30-26(20)36)33-27(37)24-11-6-14-34(24)29(39)23-15-19-9-4-5-10-21(19)32-23/h1-5,7-10,15,20,22,24,32H,6,11-14,16-17H2,(H,30,36)(H,31,38)(H,33,37)/t20-,22?,24-/m0/s1. The average Bonchev–Trinajstić information content (AvgIpc) is 3.71. The maximum absolute atomic E-state index is 13.4. The van der Waals surface area contributed by atoms with Gasteiger partial charge in [0.1, 0.15) is 11.7 Å². The van der Waals surface area contributed by atoms with Gasteiger partial charge in [-0.1, -0.05) is 48.5 Å². The molecule has 0 aliphatic carbocycles. The third kappa shape index (κ3) is 5.84. The van der Waals surface area contributed by atoms with Gasteiger partial charge >= 0.3 is 0 Å². The van der Waals surface area contributed by atoms with Crippen LogP contribution in [0.1, 0.15) is 41.7 Å². The van der Waals surface area contributed by atoms with E-state index in [1.807, 2.05) is 54.6 Å². The van der Waals surface area contributed by atoms with Crippen LogP contribution < -0.4 is 16.0 Å². The third-order valence-electron chi connectivity index (χ3n) is 7.41. The summed E-state index contributed by atoms with van der Waals surface area (Å²) in [7, 11) is 0. The largest absolute Gasteiger partial charge is 0.356 e. The van der Waals surface area contributed by atoms with Crippen LogP contribution in [0.5, 0.6) is 0 Å². The van der Waals surface area contributed by atoms with Crippen molar-refractivity contribution in [2.75, 3.05) is 13.1 Å². The fourth-order valence-electron chi connectivity index (χ4n) is 5.30. The zero-order valence-electron chi connectivity index (χ0n) is 21.4. The highest BCUT2D eigenvalue weighted by molar-refractivity contribution is 6.38. The molecule has 2 fully saturated rings. The fourth-order valence-corrected chi connectivity index (χ4v) is 5.30. The highest BCUT2D eigenvalue weighted by Gasteiger charge is 2.39. The van der Waals surface area contributed by atoms with Crippen molar-refractivity contribution in [2.45, 2.75) is 44.3 Å². The molecule has 10 nitrogen and oxygen atoms in total. The monoisotopic (exact) mass is 529 g/mol. The number of nitrogens with zero attached hydrogens (tertiary/aromatic N) is 1. The van der Waals surface area contributed by atoms with Gasteiger partial charge in [0.2, 0.25) is 17.6 Å². The first-order chi connectivity index (χ1) is 18.9. The molecule has 39 heavy (non-hydrogen) atoms. The van der Waals surface area contributed by atoms with E-state index in [4.69, 9.17) is 0 Å². The van der Waals surface area contributed by atoms with Crippen molar-refractivity contribution in [1.29, 1.82) is 0 Å². The minimum atomic E-state index is -1.19. The van der Waals surface area contributed by atoms with Crippen molar-refractivity contribution >= 4 is 40.3 Å². The molecule has 1 aromatic heterocycles. The number of benzene rings is 2. The molecule has 5 rings (SSSR count). The second-order valence-electron chi connectivity index (χ2n) is 10.0. The molecule has 202 valence electrons. The summed E-state index contributed by atoms with van der Waals surface area (Å²) in [5.74, 6) is -3.16. The van der Waals surface area contributed by atoms with Crippen LogP contribution in [-0.4, -0.2) is 64.5 Å². The van der Waals surface area contributed by atoms with Crippen molar-refractivity contribution < 1.29 is 24.0 Å². The Morgan fingerprint density at radius 2 is 1.77 bits per heavy atom. The van der Waals surface area contributed by atoms with Crippen LogP contribution in [0.4, 0.5) is 0 Å². The predicted octanol–water partition coefficient (Wildman–Crippen LogP) is 1.67. The molecule has 3 heterocycles. The molecular weight excluding hydrogens is 498 g/mol. The van der Waals surface area contributed by atoms with Crippen LogP contribution in [-0.2, 0) is 25.7 Å². The molecule has 1 unspecified atom stereocenters. The van der Waals surface area contributed by atoms with Gasteiger partial charge < -0.3 is 25.8 Å². The predicted molar refractivity (Wildman–Crippen MR) is 143 cm³/mol. The fraction of sp³-hybridized carbons (Fsp3) is 0.345. The molecule has 0 saturated carbocycles. The normalized spacial score (nSPS) is 19.5. The molecule has 10 heteroatoms. The molecule has 2 saturated heterocycles. The molecule has 4 N–H and O–H groups in total. The number of nitrogens with one attached hydrogen (secondary N) is 4. The van der Waals surface area contributed by atoms with Crippen molar-refractivity contribution in [1.82, 2.24) is 25.8 Å². The molecular formula is C29H31N5O5. The number of amides is 4.